The fourth-order valence-corrected chi connectivity index (χ4v) is 2.74. The molecule has 0 aliphatic rings. The standard InChI is InChI=1S/C20H15ClN6O5/c21-15-9-13(11-22-24-16-1-5-18(6-2-16)26(29)30)20(28)14(10-15)12-23-25-17-3-7-19(8-4-17)27(31)32/h1-12,24-25,28H/b22-11+,23-12+. The molecule has 0 spiro atoms. The lowest BCUT2D eigenvalue weighted by atomic mass is 10.1. The highest BCUT2D eigenvalue weighted by Gasteiger charge is 2.08. The quantitative estimate of drug-likeness (QED) is 0.252. The maximum Gasteiger partial charge on any atom is 0.269 e. The summed E-state index contributed by atoms with van der Waals surface area (Å²) in [6.07, 6.45) is 2.67. The zero-order chi connectivity index (χ0) is 23.1. The van der Waals surface area contributed by atoms with Gasteiger partial charge in [0.2, 0.25) is 0 Å². The average Bonchev–Trinajstić information content (AvgIpc) is 2.77. The minimum atomic E-state index is -0.503. The summed E-state index contributed by atoms with van der Waals surface area (Å²) in [6.45, 7) is 0. The van der Waals surface area contributed by atoms with E-state index < -0.39 is 9.85 Å². The van der Waals surface area contributed by atoms with E-state index in [0.29, 0.717) is 27.5 Å². The van der Waals surface area contributed by atoms with Crippen LogP contribution in [0.2, 0.25) is 5.02 Å². The summed E-state index contributed by atoms with van der Waals surface area (Å²) >= 11 is 6.11. The Morgan fingerprint density at radius 1 is 0.781 bits per heavy atom. The predicted molar refractivity (Wildman–Crippen MR) is 122 cm³/mol. The minimum Gasteiger partial charge on any atom is -0.507 e. The maximum absolute atomic E-state index is 10.7. The summed E-state index contributed by atoms with van der Waals surface area (Å²) in [4.78, 5) is 20.4. The van der Waals surface area contributed by atoms with Crippen LogP contribution in [0, 0.1) is 20.2 Å². The number of nitrogens with one attached hydrogen (secondary N) is 2. The lowest BCUT2D eigenvalue weighted by Gasteiger charge is -2.05. The number of nitro groups is 2. The van der Waals surface area contributed by atoms with Crippen LogP contribution in [0.4, 0.5) is 22.7 Å². The van der Waals surface area contributed by atoms with Crippen LogP contribution in [-0.2, 0) is 0 Å². The van der Waals surface area contributed by atoms with Crippen molar-refractivity contribution < 1.29 is 15.0 Å². The Balaban J connectivity index is 1.69. The molecule has 3 N–H and O–H groups in total. The largest absolute Gasteiger partial charge is 0.507 e. The Morgan fingerprint density at radius 3 is 1.50 bits per heavy atom. The summed E-state index contributed by atoms with van der Waals surface area (Å²) < 4.78 is 0. The van der Waals surface area contributed by atoms with Crippen molar-refractivity contribution in [3.8, 4) is 5.75 Å². The van der Waals surface area contributed by atoms with E-state index in [1.165, 1.54) is 73.1 Å². The SMILES string of the molecule is O=[N+]([O-])c1ccc(N/N=C/c2cc(Cl)cc(/C=N/Nc3ccc([N+](=O)[O-])cc3)c2O)cc1. The van der Waals surface area contributed by atoms with Crippen LogP contribution >= 0.6 is 11.6 Å². The van der Waals surface area contributed by atoms with E-state index in [2.05, 4.69) is 21.1 Å². The smallest absolute Gasteiger partial charge is 0.269 e. The number of non-ortho nitro benzene ring substituents is 2. The van der Waals surface area contributed by atoms with Gasteiger partial charge in [0, 0.05) is 40.4 Å². The van der Waals surface area contributed by atoms with Crippen LogP contribution in [0.5, 0.6) is 5.75 Å². The molecular weight excluding hydrogens is 440 g/mol. The first-order valence-corrected chi connectivity index (χ1v) is 9.31. The molecule has 0 radical (unpaired) electrons. The highest BCUT2D eigenvalue weighted by Crippen LogP contribution is 2.25. The number of anilines is 2. The first-order valence-electron chi connectivity index (χ1n) is 8.93. The second kappa shape index (κ2) is 10.00. The third kappa shape index (κ3) is 5.77. The highest BCUT2D eigenvalue weighted by atomic mass is 35.5. The first-order chi connectivity index (χ1) is 15.3. The van der Waals surface area contributed by atoms with Gasteiger partial charge in [0.25, 0.3) is 11.4 Å². The Morgan fingerprint density at radius 2 is 1.16 bits per heavy atom. The molecule has 11 nitrogen and oxygen atoms in total. The molecule has 162 valence electrons. The summed E-state index contributed by atoms with van der Waals surface area (Å²) in [5, 5.41) is 40.2. The predicted octanol–water partition coefficient (Wildman–Crippen LogP) is 4.75. The zero-order valence-electron chi connectivity index (χ0n) is 16.2. The summed E-state index contributed by atoms with van der Waals surface area (Å²) in [5.74, 6) is -0.127. The molecule has 0 atom stereocenters. The topological polar surface area (TPSA) is 155 Å². The van der Waals surface area contributed by atoms with E-state index in [1.54, 1.807) is 0 Å². The van der Waals surface area contributed by atoms with Crippen molar-refractivity contribution in [3.63, 3.8) is 0 Å². The van der Waals surface area contributed by atoms with Gasteiger partial charge in [-0.15, -0.1) is 0 Å². The van der Waals surface area contributed by atoms with E-state index in [-0.39, 0.29) is 17.1 Å². The maximum atomic E-state index is 10.7. The Bertz CT molecular complexity index is 1110. The number of phenols is 1. The molecule has 0 bridgehead atoms. The number of halogens is 1. The number of hydrazone groups is 2. The van der Waals surface area contributed by atoms with Gasteiger partial charge in [-0.25, -0.2) is 0 Å². The van der Waals surface area contributed by atoms with Crippen molar-refractivity contribution in [2.24, 2.45) is 10.2 Å². The summed E-state index contributed by atoms with van der Waals surface area (Å²) in [7, 11) is 0. The molecule has 0 fully saturated rings. The number of hydrogen-bond donors (Lipinski definition) is 3. The molecule has 0 heterocycles. The van der Waals surface area contributed by atoms with Gasteiger partial charge >= 0.3 is 0 Å². The zero-order valence-corrected chi connectivity index (χ0v) is 16.9. The Kier molecular flexibility index (Phi) is 6.93. The molecule has 0 aliphatic carbocycles. The molecule has 0 amide bonds. The van der Waals surface area contributed by atoms with Crippen LogP contribution < -0.4 is 10.9 Å². The van der Waals surface area contributed by atoms with Crippen LogP contribution in [0.15, 0.2) is 70.9 Å². The molecule has 0 aromatic heterocycles. The molecule has 3 aromatic carbocycles. The number of aromatic hydroxyl groups is 1. The normalized spacial score (nSPS) is 11.0. The van der Waals surface area contributed by atoms with E-state index >= 15 is 0 Å². The van der Waals surface area contributed by atoms with Gasteiger partial charge in [0.1, 0.15) is 5.75 Å². The molecule has 0 unspecified atom stereocenters. The fraction of sp³-hybridized carbons (Fsp3) is 0. The number of rotatable bonds is 8. The lowest BCUT2D eigenvalue weighted by Crippen LogP contribution is -1.96. The van der Waals surface area contributed by atoms with Gasteiger partial charge in [-0.2, -0.15) is 10.2 Å². The summed E-state index contributed by atoms with van der Waals surface area (Å²) in [5.41, 5.74) is 6.97. The Hall–Kier alpha value is -4.51. The van der Waals surface area contributed by atoms with Gasteiger partial charge in [-0.3, -0.25) is 31.1 Å². The number of phenolic OH excluding ortho intramolecular Hbond substituents is 1. The van der Waals surface area contributed by atoms with E-state index in [4.69, 9.17) is 11.6 Å². The third-order valence-electron chi connectivity index (χ3n) is 4.08. The molecular formula is C20H15ClN6O5. The van der Waals surface area contributed by atoms with Crippen LogP contribution in [0.3, 0.4) is 0 Å². The van der Waals surface area contributed by atoms with Crippen molar-refractivity contribution in [1.29, 1.82) is 0 Å². The molecule has 3 rings (SSSR count). The number of nitro benzene ring substituents is 2. The van der Waals surface area contributed by atoms with Crippen molar-refractivity contribution in [2.45, 2.75) is 0 Å². The van der Waals surface area contributed by atoms with Crippen molar-refractivity contribution in [1.82, 2.24) is 0 Å². The number of hydrogen-bond acceptors (Lipinski definition) is 9. The Labute approximate surface area is 186 Å². The van der Waals surface area contributed by atoms with Crippen LogP contribution in [-0.4, -0.2) is 27.4 Å². The summed E-state index contributed by atoms with van der Waals surface area (Å²) in [6, 6.07) is 14.3. The van der Waals surface area contributed by atoms with Crippen LogP contribution in [0.1, 0.15) is 11.1 Å². The van der Waals surface area contributed by atoms with E-state index in [0.717, 1.165) is 0 Å². The van der Waals surface area contributed by atoms with Gasteiger partial charge in [0.15, 0.2) is 0 Å². The van der Waals surface area contributed by atoms with Crippen LogP contribution in [0.25, 0.3) is 0 Å². The third-order valence-corrected chi connectivity index (χ3v) is 4.30. The van der Waals surface area contributed by atoms with E-state index in [1.807, 2.05) is 0 Å². The molecule has 32 heavy (non-hydrogen) atoms. The molecule has 0 saturated heterocycles. The first kappa shape index (κ1) is 22.2. The van der Waals surface area contributed by atoms with Gasteiger partial charge in [-0.1, -0.05) is 11.6 Å². The lowest BCUT2D eigenvalue weighted by molar-refractivity contribution is -0.385. The number of nitrogens with zero attached hydrogens (tertiary/aromatic N) is 4. The van der Waals surface area contributed by atoms with Gasteiger partial charge in [-0.05, 0) is 36.4 Å². The van der Waals surface area contributed by atoms with Crippen molar-refractivity contribution in [3.05, 3.63) is 97.0 Å². The van der Waals surface area contributed by atoms with E-state index in [9.17, 15) is 25.3 Å². The monoisotopic (exact) mass is 454 g/mol. The van der Waals surface area contributed by atoms with Gasteiger partial charge < -0.3 is 5.11 Å². The average molecular weight is 455 g/mol. The molecule has 12 heteroatoms. The fourth-order valence-electron chi connectivity index (χ4n) is 2.51. The molecule has 3 aromatic rings. The second-order valence-corrected chi connectivity index (χ2v) is 6.72. The van der Waals surface area contributed by atoms with Crippen molar-refractivity contribution >= 4 is 46.8 Å². The van der Waals surface area contributed by atoms with Crippen molar-refractivity contribution in [2.75, 3.05) is 10.9 Å². The second-order valence-electron chi connectivity index (χ2n) is 6.28. The molecule has 0 saturated carbocycles. The highest BCUT2D eigenvalue weighted by molar-refractivity contribution is 6.31. The minimum absolute atomic E-state index is 0.0433. The van der Waals surface area contributed by atoms with Gasteiger partial charge in [0.05, 0.1) is 33.7 Å². The number of benzene rings is 3. The molecule has 0 aliphatic heterocycles.